The second-order valence-electron chi connectivity index (χ2n) is 6.44. The molecular formula is C19H16N6OS4. The van der Waals surface area contributed by atoms with Gasteiger partial charge >= 0.3 is 0 Å². The van der Waals surface area contributed by atoms with E-state index in [1.54, 1.807) is 39.0 Å². The summed E-state index contributed by atoms with van der Waals surface area (Å²) in [5.74, 6) is 6.85. The van der Waals surface area contributed by atoms with Gasteiger partial charge in [0.25, 0.3) is 5.91 Å². The number of nitrogen functional groups attached to an aromatic ring is 1. The largest absolute Gasteiger partial charge is 0.335 e. The van der Waals surface area contributed by atoms with Gasteiger partial charge in [0.15, 0.2) is 5.82 Å². The van der Waals surface area contributed by atoms with Gasteiger partial charge in [0.05, 0.1) is 27.3 Å². The Bertz CT molecular complexity index is 1160. The first-order valence-electron chi connectivity index (χ1n) is 9.04. The van der Waals surface area contributed by atoms with Crippen LogP contribution in [-0.2, 0) is 4.79 Å². The summed E-state index contributed by atoms with van der Waals surface area (Å²) >= 11 is 6.10. The Labute approximate surface area is 188 Å². The Morgan fingerprint density at radius 1 is 1.07 bits per heavy atom. The molecule has 5 heterocycles. The van der Waals surface area contributed by atoms with Gasteiger partial charge in [-0.2, -0.15) is 5.10 Å². The zero-order valence-corrected chi connectivity index (χ0v) is 18.8. The first-order chi connectivity index (χ1) is 14.7. The zero-order valence-electron chi connectivity index (χ0n) is 15.5. The predicted molar refractivity (Wildman–Crippen MR) is 124 cm³/mol. The number of carbonyl (C=O) groups is 1. The highest BCUT2D eigenvalue weighted by Crippen LogP contribution is 2.36. The molecule has 0 saturated carbocycles. The maximum Gasteiger partial charge on any atom is 0.253 e. The Morgan fingerprint density at radius 3 is 2.50 bits per heavy atom. The molecule has 1 amide bonds. The standard InChI is InChI=1S/C19H16N6OS4/c20-24-18(16-6-3-9-29-16)21-22-19(24)30-11-17(26)25-13(15-5-2-8-28-15)10-12(23-25)14-4-1-7-27-14/h1-9,13H,10-11,20H2. The van der Waals surface area contributed by atoms with E-state index < -0.39 is 0 Å². The number of nitrogens with zero attached hydrogens (tertiary/aromatic N) is 5. The molecule has 0 bridgehead atoms. The molecule has 4 aromatic rings. The lowest BCUT2D eigenvalue weighted by atomic mass is 10.1. The molecule has 0 fully saturated rings. The van der Waals surface area contributed by atoms with Crippen LogP contribution in [0, 0.1) is 0 Å². The van der Waals surface area contributed by atoms with Crippen molar-refractivity contribution in [3.05, 3.63) is 62.3 Å². The number of thiophene rings is 3. The van der Waals surface area contributed by atoms with E-state index in [1.807, 2.05) is 46.5 Å². The number of rotatable bonds is 6. The van der Waals surface area contributed by atoms with Crippen LogP contribution in [0.2, 0.25) is 0 Å². The van der Waals surface area contributed by atoms with Crippen molar-refractivity contribution in [2.75, 3.05) is 11.6 Å². The van der Waals surface area contributed by atoms with Crippen LogP contribution in [0.25, 0.3) is 10.7 Å². The lowest BCUT2D eigenvalue weighted by molar-refractivity contribution is -0.130. The molecule has 11 heteroatoms. The fourth-order valence-electron chi connectivity index (χ4n) is 3.18. The van der Waals surface area contributed by atoms with Crippen molar-refractivity contribution < 1.29 is 4.79 Å². The molecule has 1 aliphatic heterocycles. The molecule has 1 unspecified atom stereocenters. The van der Waals surface area contributed by atoms with Crippen LogP contribution >= 0.6 is 45.8 Å². The Kier molecular flexibility index (Phi) is 5.42. The second-order valence-corrected chi connectivity index (χ2v) is 10.3. The van der Waals surface area contributed by atoms with Crippen molar-refractivity contribution in [3.63, 3.8) is 0 Å². The molecule has 4 aromatic heterocycles. The van der Waals surface area contributed by atoms with Crippen molar-refractivity contribution >= 4 is 57.4 Å². The van der Waals surface area contributed by atoms with Gasteiger partial charge in [0.2, 0.25) is 5.16 Å². The van der Waals surface area contributed by atoms with Crippen LogP contribution in [0.1, 0.15) is 22.2 Å². The number of thioether (sulfide) groups is 1. The fourth-order valence-corrected chi connectivity index (χ4v) is 6.12. The van der Waals surface area contributed by atoms with Crippen molar-refractivity contribution in [2.24, 2.45) is 5.10 Å². The fraction of sp³-hybridized carbons (Fsp3) is 0.158. The molecule has 30 heavy (non-hydrogen) atoms. The minimum atomic E-state index is -0.0781. The van der Waals surface area contributed by atoms with Crippen LogP contribution in [0.5, 0.6) is 0 Å². The lowest BCUT2D eigenvalue weighted by Gasteiger charge is -2.20. The van der Waals surface area contributed by atoms with Crippen molar-refractivity contribution in [3.8, 4) is 10.7 Å². The molecule has 2 N–H and O–H groups in total. The van der Waals surface area contributed by atoms with E-state index >= 15 is 0 Å². The summed E-state index contributed by atoms with van der Waals surface area (Å²) in [6.45, 7) is 0. The summed E-state index contributed by atoms with van der Waals surface area (Å²) in [7, 11) is 0. The van der Waals surface area contributed by atoms with Crippen LogP contribution in [0.3, 0.4) is 0 Å². The third-order valence-electron chi connectivity index (χ3n) is 4.57. The molecule has 0 spiro atoms. The Balaban J connectivity index is 1.34. The minimum Gasteiger partial charge on any atom is -0.335 e. The van der Waals surface area contributed by atoms with Crippen LogP contribution in [0.4, 0.5) is 0 Å². The van der Waals surface area contributed by atoms with E-state index in [-0.39, 0.29) is 17.7 Å². The molecule has 1 atom stereocenters. The normalized spacial score (nSPS) is 16.2. The second kappa shape index (κ2) is 8.34. The van der Waals surface area contributed by atoms with Crippen LogP contribution in [0.15, 0.2) is 62.8 Å². The summed E-state index contributed by atoms with van der Waals surface area (Å²) in [6, 6.07) is 11.9. The minimum absolute atomic E-state index is 0.0763. The van der Waals surface area contributed by atoms with E-state index in [0.29, 0.717) is 17.4 Å². The maximum atomic E-state index is 13.1. The van der Waals surface area contributed by atoms with Gasteiger partial charge in [-0.1, -0.05) is 30.0 Å². The van der Waals surface area contributed by atoms with Crippen LogP contribution in [-0.4, -0.2) is 37.3 Å². The summed E-state index contributed by atoms with van der Waals surface area (Å²) in [6.07, 6.45) is 0.715. The van der Waals surface area contributed by atoms with Gasteiger partial charge in [-0.05, 0) is 34.3 Å². The summed E-state index contributed by atoms with van der Waals surface area (Å²) in [5.41, 5.74) is 0.948. The van der Waals surface area contributed by atoms with Crippen molar-refractivity contribution in [1.29, 1.82) is 0 Å². The first-order valence-corrected chi connectivity index (χ1v) is 12.7. The molecule has 0 aromatic carbocycles. The molecule has 5 rings (SSSR count). The van der Waals surface area contributed by atoms with E-state index in [9.17, 15) is 4.79 Å². The Morgan fingerprint density at radius 2 is 1.80 bits per heavy atom. The highest BCUT2D eigenvalue weighted by molar-refractivity contribution is 7.99. The van der Waals surface area contributed by atoms with Gasteiger partial charge in [-0.25, -0.2) is 9.69 Å². The van der Waals surface area contributed by atoms with Gasteiger partial charge in [-0.15, -0.1) is 44.2 Å². The highest BCUT2D eigenvalue weighted by Gasteiger charge is 2.34. The SMILES string of the molecule is Nn1c(SCC(=O)N2N=C(c3cccs3)CC2c2cccs2)nnc1-c1cccs1. The highest BCUT2D eigenvalue weighted by atomic mass is 32.2. The number of carbonyl (C=O) groups excluding carboxylic acids is 1. The molecule has 1 aliphatic rings. The van der Waals surface area contributed by atoms with Crippen LogP contribution < -0.4 is 5.84 Å². The van der Waals surface area contributed by atoms with E-state index in [0.717, 1.165) is 20.3 Å². The zero-order chi connectivity index (χ0) is 20.5. The maximum absolute atomic E-state index is 13.1. The van der Waals surface area contributed by atoms with Crippen molar-refractivity contribution in [1.82, 2.24) is 19.9 Å². The number of amides is 1. The van der Waals surface area contributed by atoms with Crippen molar-refractivity contribution in [2.45, 2.75) is 17.6 Å². The molecule has 7 nitrogen and oxygen atoms in total. The molecule has 0 saturated heterocycles. The average Bonchev–Trinajstić information content (AvgIpc) is 3.56. The third kappa shape index (κ3) is 3.69. The predicted octanol–water partition coefficient (Wildman–Crippen LogP) is 4.31. The van der Waals surface area contributed by atoms with Gasteiger partial charge < -0.3 is 5.84 Å². The van der Waals surface area contributed by atoms with Gasteiger partial charge in [-0.3, -0.25) is 4.79 Å². The summed E-state index contributed by atoms with van der Waals surface area (Å²) in [4.78, 5) is 16.3. The lowest BCUT2D eigenvalue weighted by Crippen LogP contribution is -2.28. The molecule has 0 radical (unpaired) electrons. The number of hydrogen-bond donors (Lipinski definition) is 1. The number of hydrogen-bond acceptors (Lipinski definition) is 9. The summed E-state index contributed by atoms with van der Waals surface area (Å²) < 4.78 is 1.44. The number of nitrogens with two attached hydrogens (primary N) is 1. The van der Waals surface area contributed by atoms with E-state index in [1.165, 1.54) is 16.4 Å². The number of aromatic nitrogens is 3. The number of hydrazone groups is 1. The smallest absolute Gasteiger partial charge is 0.253 e. The van der Waals surface area contributed by atoms with Gasteiger partial charge in [0, 0.05) is 11.3 Å². The summed E-state index contributed by atoms with van der Waals surface area (Å²) in [5, 5.41) is 21.1. The molecular weight excluding hydrogens is 457 g/mol. The van der Waals surface area contributed by atoms with E-state index in [4.69, 9.17) is 5.84 Å². The molecule has 152 valence electrons. The monoisotopic (exact) mass is 472 g/mol. The first kappa shape index (κ1) is 19.5. The van der Waals surface area contributed by atoms with Gasteiger partial charge in [0.1, 0.15) is 0 Å². The quantitative estimate of drug-likeness (QED) is 0.334. The topological polar surface area (TPSA) is 89.4 Å². The van der Waals surface area contributed by atoms with E-state index in [2.05, 4.69) is 21.4 Å². The Hall–Kier alpha value is -2.47. The third-order valence-corrected chi connectivity index (χ3v) is 8.26. The average molecular weight is 473 g/mol. The molecule has 0 aliphatic carbocycles.